The molecule has 0 saturated heterocycles. The largest absolute Gasteiger partial charge is 0.459 e. The number of nitro groups is 1. The van der Waals surface area contributed by atoms with Crippen LogP contribution in [0, 0.1) is 27.9 Å². The van der Waals surface area contributed by atoms with Crippen LogP contribution in [0.4, 0.5) is 5.69 Å². The van der Waals surface area contributed by atoms with Gasteiger partial charge in [0.2, 0.25) is 18.5 Å². The van der Waals surface area contributed by atoms with Gasteiger partial charge in [-0.1, -0.05) is 48.3 Å². The molecule has 2 aliphatic carbocycles. The number of aliphatic hydroxyl groups excluding tert-OH is 2. The monoisotopic (exact) mass is 927 g/mol. The van der Waals surface area contributed by atoms with Gasteiger partial charge in [0.1, 0.15) is 36.2 Å². The summed E-state index contributed by atoms with van der Waals surface area (Å²) < 4.78 is 32.4. The molecule has 0 radical (unpaired) electrons. The molecule has 0 spiro atoms. The van der Waals surface area contributed by atoms with Crippen LogP contribution in [0.25, 0.3) is 6.08 Å². The SMILES string of the molecule is C=CCOC12Oc3ccc(Oc4cccc(C=O)c4)cc3C3C(CCCCO)C(CCCCO)C=C(C(=NOCC)CC1N(Cc1ccc4c(c1)OCO4)C(=O)C=Cc1ccc([N+](=O)[O-])cc1)C32. The molecule has 1 fully saturated rings. The smallest absolute Gasteiger partial charge is 0.269 e. The average Bonchev–Trinajstić information content (AvgIpc) is 3.83. The lowest BCUT2D eigenvalue weighted by Crippen LogP contribution is -2.70. The normalized spacial score (nSPS) is 22.7. The lowest BCUT2D eigenvalue weighted by atomic mass is 9.55. The molecule has 15 heteroatoms. The zero-order chi connectivity index (χ0) is 47.6. The maximum absolute atomic E-state index is 15.2. The number of hydrogen-bond donors (Lipinski definition) is 2. The van der Waals surface area contributed by atoms with Crippen LogP contribution in [-0.4, -0.2) is 83.0 Å². The molecule has 8 rings (SSSR count). The molecule has 1 amide bonds. The number of ether oxygens (including phenoxy) is 5. The molecule has 0 bridgehead atoms. The van der Waals surface area contributed by atoms with Gasteiger partial charge in [0.25, 0.3) is 5.69 Å². The molecule has 4 aromatic carbocycles. The van der Waals surface area contributed by atoms with E-state index in [9.17, 15) is 25.1 Å². The molecular formula is C53H57N3O12. The van der Waals surface area contributed by atoms with Crippen molar-refractivity contribution in [2.45, 2.75) is 76.2 Å². The third-order valence-corrected chi connectivity index (χ3v) is 13.1. The number of rotatable bonds is 22. The molecule has 2 aliphatic heterocycles. The second-order valence-corrected chi connectivity index (χ2v) is 17.3. The Kier molecular flexibility index (Phi) is 15.3. The Hall–Kier alpha value is -6.81. The second kappa shape index (κ2) is 21.9. The number of nitrogens with zero attached hydrogens (tertiary/aromatic N) is 3. The molecule has 2 heterocycles. The number of carbonyl (C=O) groups excluding carboxylic acids is 2. The minimum absolute atomic E-state index is 0.00719. The van der Waals surface area contributed by atoms with E-state index < -0.39 is 22.7 Å². The number of hydrogen-bond acceptors (Lipinski definition) is 13. The van der Waals surface area contributed by atoms with E-state index in [-0.39, 0.29) is 68.9 Å². The zero-order valence-corrected chi connectivity index (χ0v) is 38.1. The van der Waals surface area contributed by atoms with E-state index >= 15 is 4.79 Å². The third-order valence-electron chi connectivity index (χ3n) is 13.1. The van der Waals surface area contributed by atoms with Crippen molar-refractivity contribution >= 4 is 29.7 Å². The second-order valence-electron chi connectivity index (χ2n) is 17.3. The fraction of sp³-hybridized carbons (Fsp3) is 0.377. The number of amides is 1. The average molecular weight is 928 g/mol. The summed E-state index contributed by atoms with van der Waals surface area (Å²) in [7, 11) is 0. The number of oxime groups is 1. The minimum atomic E-state index is -1.55. The van der Waals surface area contributed by atoms with E-state index in [1.165, 1.54) is 18.2 Å². The van der Waals surface area contributed by atoms with Crippen LogP contribution in [0.5, 0.6) is 28.7 Å². The number of non-ortho nitro benzene ring substituents is 1. The first-order valence-electron chi connectivity index (χ1n) is 23.2. The Morgan fingerprint density at radius 2 is 1.71 bits per heavy atom. The summed E-state index contributed by atoms with van der Waals surface area (Å²) in [6, 6.07) is 23.3. The number of aldehydes is 1. The van der Waals surface area contributed by atoms with E-state index in [1.54, 1.807) is 53.5 Å². The highest BCUT2D eigenvalue weighted by atomic mass is 16.7. The van der Waals surface area contributed by atoms with Gasteiger partial charge >= 0.3 is 0 Å². The minimum Gasteiger partial charge on any atom is -0.459 e. The van der Waals surface area contributed by atoms with Crippen molar-refractivity contribution in [3.8, 4) is 28.7 Å². The molecule has 2 N–H and O–H groups in total. The fourth-order valence-corrected chi connectivity index (χ4v) is 10.2. The van der Waals surface area contributed by atoms with Crippen molar-refractivity contribution in [3.05, 3.63) is 148 Å². The van der Waals surface area contributed by atoms with Crippen molar-refractivity contribution < 1.29 is 53.2 Å². The van der Waals surface area contributed by atoms with Crippen molar-refractivity contribution in [1.29, 1.82) is 0 Å². The lowest BCUT2D eigenvalue weighted by molar-refractivity contribution is -0.384. The van der Waals surface area contributed by atoms with Crippen molar-refractivity contribution in [1.82, 2.24) is 4.90 Å². The summed E-state index contributed by atoms with van der Waals surface area (Å²) in [5.74, 6) is -0.178. The highest BCUT2D eigenvalue weighted by Gasteiger charge is 2.65. The molecule has 68 heavy (non-hydrogen) atoms. The number of benzene rings is 4. The summed E-state index contributed by atoms with van der Waals surface area (Å²) in [5, 5.41) is 36.2. The van der Waals surface area contributed by atoms with Gasteiger partial charge in [-0.15, -0.1) is 6.58 Å². The molecule has 4 aromatic rings. The van der Waals surface area contributed by atoms with Crippen LogP contribution in [0.1, 0.15) is 84.8 Å². The van der Waals surface area contributed by atoms with Gasteiger partial charge in [-0.2, -0.15) is 0 Å². The summed E-state index contributed by atoms with van der Waals surface area (Å²) >= 11 is 0. The van der Waals surface area contributed by atoms with Gasteiger partial charge < -0.3 is 43.6 Å². The molecule has 1 saturated carbocycles. The summed E-state index contributed by atoms with van der Waals surface area (Å²) in [6.07, 6.45) is 12.2. The van der Waals surface area contributed by atoms with Crippen LogP contribution in [-0.2, 0) is 20.9 Å². The van der Waals surface area contributed by atoms with Crippen LogP contribution in [0.2, 0.25) is 0 Å². The number of carbonyl (C=O) groups is 2. The van der Waals surface area contributed by atoms with Gasteiger partial charge in [0.05, 0.1) is 23.2 Å². The van der Waals surface area contributed by atoms with Crippen LogP contribution in [0.3, 0.4) is 0 Å². The molecule has 4 aliphatic rings. The number of aliphatic hydroxyl groups is 2. The highest BCUT2D eigenvalue weighted by molar-refractivity contribution is 6.03. The van der Waals surface area contributed by atoms with Gasteiger partial charge in [-0.05, 0) is 122 Å². The first-order valence-corrected chi connectivity index (χ1v) is 23.2. The first kappa shape index (κ1) is 47.7. The highest BCUT2D eigenvalue weighted by Crippen LogP contribution is 2.62. The van der Waals surface area contributed by atoms with E-state index in [0.29, 0.717) is 65.0 Å². The number of fused-ring (bicyclic) bond motifs is 3. The van der Waals surface area contributed by atoms with Gasteiger partial charge in [0.15, 0.2) is 11.5 Å². The van der Waals surface area contributed by atoms with Crippen molar-refractivity contribution in [2.24, 2.45) is 22.9 Å². The van der Waals surface area contributed by atoms with E-state index in [0.717, 1.165) is 48.7 Å². The van der Waals surface area contributed by atoms with Crippen LogP contribution < -0.4 is 18.9 Å². The van der Waals surface area contributed by atoms with E-state index in [2.05, 4.69) is 12.7 Å². The standard InChI is InChI=1S/C53H57N3O12/c1-3-26-65-53-49(55(32-36-16-21-47-48(28-36)64-34-63-47)50(60)23-17-35-14-18-39(19-15-35)56(61)62)31-45(54-66-4-2)43-29-38(11-5-7-24-57)42(13-6-8-25-58)51(52(43)53)44-30-41(20-22-46(44)68-53)67-40-12-9-10-37(27-40)33-59/h3,9-10,12,14-23,27-30,33,38,42,49,51-52,57-58H,1,4-8,11,13,24-26,31-32,34H2,2H3. The molecule has 356 valence electrons. The van der Waals surface area contributed by atoms with Crippen molar-refractivity contribution in [3.63, 3.8) is 0 Å². The Balaban J connectivity index is 1.33. The van der Waals surface area contributed by atoms with Crippen molar-refractivity contribution in [2.75, 3.05) is 33.2 Å². The molecule has 6 atom stereocenters. The molecule has 15 nitrogen and oxygen atoms in total. The topological polar surface area (TPSA) is 189 Å². The Labute approximate surface area is 395 Å². The Morgan fingerprint density at radius 1 is 0.941 bits per heavy atom. The summed E-state index contributed by atoms with van der Waals surface area (Å²) in [4.78, 5) is 45.5. The molecule has 0 aromatic heterocycles. The van der Waals surface area contributed by atoms with E-state index in [4.69, 9.17) is 33.7 Å². The number of allylic oxidation sites excluding steroid dienone is 1. The molecular weight excluding hydrogens is 871 g/mol. The van der Waals surface area contributed by atoms with Gasteiger partial charge in [-0.25, -0.2) is 0 Å². The third kappa shape index (κ3) is 10.2. The Morgan fingerprint density at radius 3 is 2.46 bits per heavy atom. The quantitative estimate of drug-likeness (QED) is 0.0190. The predicted molar refractivity (Wildman–Crippen MR) is 254 cm³/mol. The van der Waals surface area contributed by atoms with Crippen LogP contribution in [0.15, 0.2) is 120 Å². The Bertz CT molecular complexity index is 2560. The summed E-state index contributed by atoms with van der Waals surface area (Å²) in [6.45, 7) is 6.51. The fourth-order valence-electron chi connectivity index (χ4n) is 10.2. The first-order chi connectivity index (χ1) is 33.2. The summed E-state index contributed by atoms with van der Waals surface area (Å²) in [5.41, 5.74) is 4.12. The van der Waals surface area contributed by atoms with E-state index in [1.807, 2.05) is 43.3 Å². The van der Waals surface area contributed by atoms with Gasteiger partial charge in [0, 0.05) is 61.4 Å². The lowest BCUT2D eigenvalue weighted by Gasteiger charge is -2.60. The number of nitro benzene ring substituents is 1. The molecule has 6 unspecified atom stereocenters. The predicted octanol–water partition coefficient (Wildman–Crippen LogP) is 9.32. The maximum atomic E-state index is 15.2. The zero-order valence-electron chi connectivity index (χ0n) is 38.1. The maximum Gasteiger partial charge on any atom is 0.269 e. The van der Waals surface area contributed by atoms with Gasteiger partial charge in [-0.3, -0.25) is 19.7 Å². The van der Waals surface area contributed by atoms with Crippen LogP contribution >= 0.6 is 0 Å². The number of unbranched alkanes of at least 4 members (excludes halogenated alkanes) is 2.